The third-order valence-corrected chi connectivity index (χ3v) is 3.98. The van der Waals surface area contributed by atoms with Crippen molar-refractivity contribution < 1.29 is 14.6 Å². The molecule has 0 aliphatic carbocycles. The second-order valence-electron chi connectivity index (χ2n) is 4.95. The smallest absolute Gasteiger partial charge is 0.335 e. The summed E-state index contributed by atoms with van der Waals surface area (Å²) in [5, 5.41) is 12.5. The first-order chi connectivity index (χ1) is 9.56. The third-order valence-electron chi connectivity index (χ3n) is 3.98. The highest BCUT2D eigenvalue weighted by atomic mass is 16.5. The van der Waals surface area contributed by atoms with Gasteiger partial charge in [-0.25, -0.2) is 4.79 Å². The molecule has 0 saturated heterocycles. The summed E-state index contributed by atoms with van der Waals surface area (Å²) in [5.74, 6) is -0.336. The van der Waals surface area contributed by atoms with Crippen LogP contribution in [0.25, 0.3) is 0 Å². The van der Waals surface area contributed by atoms with Gasteiger partial charge in [0, 0.05) is 12.1 Å². The SMILES string of the molecule is CCC(CC)(CC)NCCOc1cccc(C(=O)O)c1. The van der Waals surface area contributed by atoms with E-state index in [1.807, 2.05) is 0 Å². The van der Waals surface area contributed by atoms with Gasteiger partial charge < -0.3 is 15.2 Å². The normalized spacial score (nSPS) is 11.3. The van der Waals surface area contributed by atoms with Gasteiger partial charge in [-0.05, 0) is 37.5 Å². The Hall–Kier alpha value is -1.55. The van der Waals surface area contributed by atoms with Crippen molar-refractivity contribution in [2.24, 2.45) is 0 Å². The van der Waals surface area contributed by atoms with Crippen LogP contribution >= 0.6 is 0 Å². The van der Waals surface area contributed by atoms with E-state index in [-0.39, 0.29) is 11.1 Å². The second-order valence-corrected chi connectivity index (χ2v) is 4.95. The third kappa shape index (κ3) is 4.53. The van der Waals surface area contributed by atoms with E-state index >= 15 is 0 Å². The monoisotopic (exact) mass is 279 g/mol. The van der Waals surface area contributed by atoms with E-state index in [1.54, 1.807) is 24.3 Å². The molecule has 0 radical (unpaired) electrons. The second kappa shape index (κ2) is 7.90. The van der Waals surface area contributed by atoms with Crippen molar-refractivity contribution in [2.45, 2.75) is 45.6 Å². The van der Waals surface area contributed by atoms with Crippen LogP contribution in [0.3, 0.4) is 0 Å². The zero-order valence-corrected chi connectivity index (χ0v) is 12.6. The molecule has 4 nitrogen and oxygen atoms in total. The summed E-state index contributed by atoms with van der Waals surface area (Å²) in [5.41, 5.74) is 0.437. The van der Waals surface area contributed by atoms with Gasteiger partial charge in [-0.15, -0.1) is 0 Å². The van der Waals surface area contributed by atoms with Crippen LogP contribution in [0.1, 0.15) is 50.4 Å². The summed E-state index contributed by atoms with van der Waals surface area (Å²) in [6, 6.07) is 6.58. The first-order valence-electron chi connectivity index (χ1n) is 7.28. The zero-order chi connectivity index (χ0) is 15.0. The fourth-order valence-corrected chi connectivity index (χ4v) is 2.33. The molecular weight excluding hydrogens is 254 g/mol. The van der Waals surface area contributed by atoms with E-state index < -0.39 is 5.97 Å². The Bertz CT molecular complexity index is 419. The van der Waals surface area contributed by atoms with Crippen molar-refractivity contribution in [1.82, 2.24) is 5.32 Å². The molecule has 0 saturated carbocycles. The van der Waals surface area contributed by atoms with E-state index in [0.717, 1.165) is 25.8 Å². The Kier molecular flexibility index (Phi) is 6.52. The van der Waals surface area contributed by atoms with E-state index in [1.165, 1.54) is 0 Å². The quantitative estimate of drug-likeness (QED) is 0.681. The molecule has 0 unspecified atom stereocenters. The van der Waals surface area contributed by atoms with Crippen molar-refractivity contribution in [3.63, 3.8) is 0 Å². The number of hydrogen-bond donors (Lipinski definition) is 2. The highest BCUT2D eigenvalue weighted by Crippen LogP contribution is 2.19. The van der Waals surface area contributed by atoms with Crippen molar-refractivity contribution in [3.8, 4) is 5.75 Å². The molecular formula is C16H25NO3. The van der Waals surface area contributed by atoms with Gasteiger partial charge in [-0.2, -0.15) is 0 Å². The summed E-state index contributed by atoms with van der Waals surface area (Å²) >= 11 is 0. The fraction of sp³-hybridized carbons (Fsp3) is 0.562. The minimum Gasteiger partial charge on any atom is -0.492 e. The molecule has 1 aromatic rings. The Morgan fingerprint density at radius 3 is 2.45 bits per heavy atom. The largest absolute Gasteiger partial charge is 0.492 e. The molecule has 2 N–H and O–H groups in total. The van der Waals surface area contributed by atoms with Gasteiger partial charge >= 0.3 is 5.97 Å². The van der Waals surface area contributed by atoms with Gasteiger partial charge in [-0.3, -0.25) is 0 Å². The number of aromatic carboxylic acids is 1. The number of rotatable bonds is 9. The standard InChI is InChI=1S/C16H25NO3/c1-4-16(5-2,6-3)17-10-11-20-14-9-7-8-13(12-14)15(18)19/h7-9,12,17H,4-6,10-11H2,1-3H3,(H,18,19). The van der Waals surface area contributed by atoms with Crippen LogP contribution in [0, 0.1) is 0 Å². The molecule has 4 heteroatoms. The fourth-order valence-electron chi connectivity index (χ4n) is 2.33. The number of hydrogen-bond acceptors (Lipinski definition) is 3. The molecule has 0 fully saturated rings. The predicted octanol–water partition coefficient (Wildman–Crippen LogP) is 3.32. The number of nitrogens with one attached hydrogen (secondary N) is 1. The zero-order valence-electron chi connectivity index (χ0n) is 12.6. The summed E-state index contributed by atoms with van der Waals surface area (Å²) in [7, 11) is 0. The molecule has 0 amide bonds. The average molecular weight is 279 g/mol. The maximum Gasteiger partial charge on any atom is 0.335 e. The molecule has 20 heavy (non-hydrogen) atoms. The predicted molar refractivity (Wildman–Crippen MR) is 80.5 cm³/mol. The lowest BCUT2D eigenvalue weighted by molar-refractivity contribution is 0.0696. The summed E-state index contributed by atoms with van der Waals surface area (Å²) < 4.78 is 5.60. The summed E-state index contributed by atoms with van der Waals surface area (Å²) in [6.07, 6.45) is 3.28. The number of carbonyl (C=O) groups is 1. The molecule has 0 aliphatic heterocycles. The van der Waals surface area contributed by atoms with Crippen molar-refractivity contribution in [3.05, 3.63) is 29.8 Å². The number of carboxylic acid groups (broad SMARTS) is 1. The first-order valence-corrected chi connectivity index (χ1v) is 7.28. The van der Waals surface area contributed by atoms with Gasteiger partial charge in [0.05, 0.1) is 5.56 Å². The Labute approximate surface area is 121 Å². The van der Waals surface area contributed by atoms with Crippen LogP contribution in [0.2, 0.25) is 0 Å². The lowest BCUT2D eigenvalue weighted by Gasteiger charge is -2.32. The van der Waals surface area contributed by atoms with Crippen molar-refractivity contribution in [1.29, 1.82) is 0 Å². The van der Waals surface area contributed by atoms with Gasteiger partial charge in [0.1, 0.15) is 12.4 Å². The van der Waals surface area contributed by atoms with Crippen LogP contribution in [0.4, 0.5) is 0 Å². The highest BCUT2D eigenvalue weighted by molar-refractivity contribution is 5.87. The van der Waals surface area contributed by atoms with E-state index in [9.17, 15) is 4.79 Å². The first kappa shape index (κ1) is 16.5. The van der Waals surface area contributed by atoms with Crippen LogP contribution in [-0.4, -0.2) is 29.8 Å². The number of carboxylic acids is 1. The molecule has 0 atom stereocenters. The molecule has 0 bridgehead atoms. The topological polar surface area (TPSA) is 58.6 Å². The molecule has 0 spiro atoms. The van der Waals surface area contributed by atoms with Gasteiger partial charge in [-0.1, -0.05) is 26.8 Å². The molecule has 1 rings (SSSR count). The van der Waals surface area contributed by atoms with Crippen LogP contribution in [-0.2, 0) is 0 Å². The molecule has 0 aromatic heterocycles. The van der Waals surface area contributed by atoms with Gasteiger partial charge in [0.2, 0.25) is 0 Å². The molecule has 0 heterocycles. The van der Waals surface area contributed by atoms with E-state index in [2.05, 4.69) is 26.1 Å². The van der Waals surface area contributed by atoms with Gasteiger partial charge in [0.15, 0.2) is 0 Å². The molecule has 112 valence electrons. The molecule has 1 aromatic carbocycles. The summed E-state index contributed by atoms with van der Waals surface area (Å²) in [4.78, 5) is 10.9. The highest BCUT2D eigenvalue weighted by Gasteiger charge is 2.22. The Morgan fingerprint density at radius 1 is 1.25 bits per heavy atom. The Morgan fingerprint density at radius 2 is 1.90 bits per heavy atom. The number of ether oxygens (including phenoxy) is 1. The van der Waals surface area contributed by atoms with Crippen LogP contribution in [0.5, 0.6) is 5.75 Å². The van der Waals surface area contributed by atoms with Crippen LogP contribution < -0.4 is 10.1 Å². The maximum absolute atomic E-state index is 10.9. The minimum atomic E-state index is -0.935. The maximum atomic E-state index is 10.9. The number of benzene rings is 1. The van der Waals surface area contributed by atoms with E-state index in [0.29, 0.717) is 12.4 Å². The lowest BCUT2D eigenvalue weighted by atomic mass is 9.90. The molecule has 0 aliphatic rings. The van der Waals surface area contributed by atoms with Crippen molar-refractivity contribution in [2.75, 3.05) is 13.2 Å². The summed E-state index contributed by atoms with van der Waals surface area (Å²) in [6.45, 7) is 7.86. The minimum absolute atomic E-state index is 0.187. The van der Waals surface area contributed by atoms with E-state index in [4.69, 9.17) is 9.84 Å². The lowest BCUT2D eigenvalue weighted by Crippen LogP contribution is -2.45. The van der Waals surface area contributed by atoms with Crippen LogP contribution in [0.15, 0.2) is 24.3 Å². The average Bonchev–Trinajstić information content (AvgIpc) is 2.48. The van der Waals surface area contributed by atoms with Gasteiger partial charge in [0.25, 0.3) is 0 Å². The Balaban J connectivity index is 2.45. The van der Waals surface area contributed by atoms with Crippen molar-refractivity contribution >= 4 is 5.97 Å².